The molecule has 0 atom stereocenters. The summed E-state index contributed by atoms with van der Waals surface area (Å²) in [5.74, 6) is -4.97. The van der Waals surface area contributed by atoms with E-state index in [2.05, 4.69) is 0 Å². The third-order valence-corrected chi connectivity index (χ3v) is 1.65. The van der Waals surface area contributed by atoms with Gasteiger partial charge in [0.15, 0.2) is 5.92 Å². The molecule has 0 rings (SSSR count). The molecule has 0 aromatic carbocycles. The molecule has 9 heteroatoms. The number of halogens is 6. The summed E-state index contributed by atoms with van der Waals surface area (Å²) in [6.45, 7) is -0.226. The molecule has 0 bridgehead atoms. The van der Waals surface area contributed by atoms with Crippen LogP contribution in [0.2, 0.25) is 0 Å². The second-order valence-electron chi connectivity index (χ2n) is 2.98. The average molecular weight is 252 g/mol. The SMILES string of the molecule is NCCNC(=O)CC(C(F)(F)F)C(F)(F)F. The van der Waals surface area contributed by atoms with Crippen LogP contribution in [0, 0.1) is 5.92 Å². The highest BCUT2D eigenvalue weighted by atomic mass is 19.4. The van der Waals surface area contributed by atoms with Gasteiger partial charge < -0.3 is 11.1 Å². The van der Waals surface area contributed by atoms with Crippen molar-refractivity contribution < 1.29 is 31.1 Å². The van der Waals surface area contributed by atoms with Crippen molar-refractivity contribution in [2.24, 2.45) is 11.7 Å². The molecule has 0 aliphatic heterocycles. The lowest BCUT2D eigenvalue weighted by molar-refractivity contribution is -0.284. The minimum absolute atomic E-state index is 0.0611. The Labute approximate surface area is 87.0 Å². The van der Waals surface area contributed by atoms with Crippen LogP contribution in [0.1, 0.15) is 6.42 Å². The van der Waals surface area contributed by atoms with Crippen LogP contribution in [0.4, 0.5) is 26.3 Å². The number of alkyl halides is 6. The van der Waals surface area contributed by atoms with Crippen LogP contribution in [0.15, 0.2) is 0 Å². The molecule has 0 fully saturated rings. The first kappa shape index (κ1) is 15.0. The number of hydrogen-bond acceptors (Lipinski definition) is 2. The lowest BCUT2D eigenvalue weighted by atomic mass is 10.0. The van der Waals surface area contributed by atoms with Gasteiger partial charge in [-0.15, -0.1) is 0 Å². The summed E-state index contributed by atoms with van der Waals surface area (Å²) in [5, 5.41) is 1.84. The predicted molar refractivity (Wildman–Crippen MR) is 42.3 cm³/mol. The molecule has 0 unspecified atom stereocenters. The van der Waals surface area contributed by atoms with Gasteiger partial charge in [-0.05, 0) is 0 Å². The van der Waals surface area contributed by atoms with Crippen molar-refractivity contribution in [1.29, 1.82) is 0 Å². The maximum Gasteiger partial charge on any atom is 0.400 e. The van der Waals surface area contributed by atoms with Gasteiger partial charge >= 0.3 is 12.4 Å². The van der Waals surface area contributed by atoms with Gasteiger partial charge in [0, 0.05) is 19.5 Å². The Hall–Kier alpha value is -0.990. The van der Waals surface area contributed by atoms with E-state index in [1.54, 1.807) is 0 Å². The van der Waals surface area contributed by atoms with E-state index in [0.29, 0.717) is 0 Å². The van der Waals surface area contributed by atoms with Crippen LogP contribution in [0.5, 0.6) is 0 Å². The lowest BCUT2D eigenvalue weighted by Gasteiger charge is -2.22. The van der Waals surface area contributed by atoms with Crippen molar-refractivity contribution in [2.45, 2.75) is 18.8 Å². The molecule has 3 nitrogen and oxygen atoms in total. The van der Waals surface area contributed by atoms with Crippen LogP contribution in [0.3, 0.4) is 0 Å². The fourth-order valence-electron chi connectivity index (χ4n) is 0.886. The first-order valence-electron chi connectivity index (χ1n) is 4.19. The summed E-state index contributed by atoms with van der Waals surface area (Å²) in [6, 6.07) is 0. The van der Waals surface area contributed by atoms with Crippen LogP contribution in [0.25, 0.3) is 0 Å². The van der Waals surface area contributed by atoms with E-state index in [0.717, 1.165) is 0 Å². The van der Waals surface area contributed by atoms with E-state index < -0.39 is 30.6 Å². The molecule has 1 amide bonds. The molecule has 0 saturated heterocycles. The van der Waals surface area contributed by atoms with Gasteiger partial charge in [-0.2, -0.15) is 26.3 Å². The highest BCUT2D eigenvalue weighted by Crippen LogP contribution is 2.41. The zero-order valence-corrected chi connectivity index (χ0v) is 7.95. The fraction of sp³-hybridized carbons (Fsp3) is 0.857. The summed E-state index contributed by atoms with van der Waals surface area (Å²) in [4.78, 5) is 10.7. The Bertz CT molecular complexity index is 222. The maximum atomic E-state index is 12.0. The van der Waals surface area contributed by atoms with Crippen molar-refractivity contribution in [2.75, 3.05) is 13.1 Å². The van der Waals surface area contributed by atoms with Gasteiger partial charge in [-0.3, -0.25) is 4.79 Å². The third-order valence-electron chi connectivity index (χ3n) is 1.65. The van der Waals surface area contributed by atoms with E-state index in [1.165, 1.54) is 0 Å². The summed E-state index contributed by atoms with van der Waals surface area (Å²) >= 11 is 0. The molecular formula is C7H10F6N2O. The molecular weight excluding hydrogens is 242 g/mol. The summed E-state index contributed by atoms with van der Waals surface area (Å²) in [6.07, 6.45) is -12.6. The molecule has 0 aromatic rings. The standard InChI is InChI=1S/C7H10F6N2O/c8-6(9,10)4(7(11,12)13)3-5(16)15-2-1-14/h4H,1-3,14H2,(H,15,16). The number of nitrogens with one attached hydrogen (secondary N) is 1. The Morgan fingerprint density at radius 2 is 1.56 bits per heavy atom. The third kappa shape index (κ3) is 5.19. The monoisotopic (exact) mass is 252 g/mol. The number of amides is 1. The molecule has 0 saturated carbocycles. The van der Waals surface area contributed by atoms with Crippen LogP contribution in [-0.2, 0) is 4.79 Å². The number of carbonyl (C=O) groups is 1. The number of carbonyl (C=O) groups excluding carboxylic acids is 1. The zero-order chi connectivity index (χ0) is 13.0. The highest BCUT2D eigenvalue weighted by molar-refractivity contribution is 5.76. The first-order valence-corrected chi connectivity index (χ1v) is 4.19. The maximum absolute atomic E-state index is 12.0. The second-order valence-corrected chi connectivity index (χ2v) is 2.98. The number of hydrogen-bond donors (Lipinski definition) is 2. The van der Waals surface area contributed by atoms with Crippen molar-refractivity contribution in [3.63, 3.8) is 0 Å². The molecule has 0 aromatic heterocycles. The Morgan fingerprint density at radius 1 is 1.12 bits per heavy atom. The lowest BCUT2D eigenvalue weighted by Crippen LogP contribution is -2.41. The van der Waals surface area contributed by atoms with Crippen LogP contribution < -0.4 is 11.1 Å². The van der Waals surface area contributed by atoms with E-state index in [1.807, 2.05) is 5.32 Å². The molecule has 16 heavy (non-hydrogen) atoms. The van der Waals surface area contributed by atoms with Gasteiger partial charge in [0.25, 0.3) is 0 Å². The van der Waals surface area contributed by atoms with E-state index in [4.69, 9.17) is 5.73 Å². The van der Waals surface area contributed by atoms with E-state index in [9.17, 15) is 31.1 Å². The minimum atomic E-state index is -5.49. The smallest absolute Gasteiger partial charge is 0.355 e. The average Bonchev–Trinajstić information content (AvgIpc) is 2.07. The van der Waals surface area contributed by atoms with Crippen LogP contribution in [-0.4, -0.2) is 31.3 Å². The van der Waals surface area contributed by atoms with Gasteiger partial charge in [-0.1, -0.05) is 0 Å². The molecule has 0 heterocycles. The number of nitrogens with two attached hydrogens (primary N) is 1. The zero-order valence-electron chi connectivity index (χ0n) is 7.95. The fourth-order valence-corrected chi connectivity index (χ4v) is 0.886. The number of rotatable bonds is 4. The Morgan fingerprint density at radius 3 is 1.88 bits per heavy atom. The predicted octanol–water partition coefficient (Wildman–Crippen LogP) is 1.19. The summed E-state index contributed by atoms with van der Waals surface area (Å²) in [5.41, 5.74) is 4.92. The van der Waals surface area contributed by atoms with Crippen molar-refractivity contribution in [3.05, 3.63) is 0 Å². The topological polar surface area (TPSA) is 55.1 Å². The van der Waals surface area contributed by atoms with E-state index >= 15 is 0 Å². The second kappa shape index (κ2) is 5.37. The van der Waals surface area contributed by atoms with Gasteiger partial charge in [0.2, 0.25) is 5.91 Å². The largest absolute Gasteiger partial charge is 0.400 e. The first-order chi connectivity index (χ1) is 7.09. The molecule has 3 N–H and O–H groups in total. The molecule has 0 radical (unpaired) electrons. The Kier molecular flexibility index (Phi) is 5.04. The summed E-state index contributed by atoms with van der Waals surface area (Å²) < 4.78 is 71.8. The Balaban J connectivity index is 4.52. The molecule has 0 aliphatic rings. The van der Waals surface area contributed by atoms with E-state index in [-0.39, 0.29) is 13.1 Å². The van der Waals surface area contributed by atoms with Gasteiger partial charge in [0.05, 0.1) is 0 Å². The quantitative estimate of drug-likeness (QED) is 0.738. The molecule has 96 valence electrons. The van der Waals surface area contributed by atoms with Gasteiger partial charge in [0.1, 0.15) is 0 Å². The minimum Gasteiger partial charge on any atom is -0.355 e. The normalized spacial score (nSPS) is 13.0. The highest BCUT2D eigenvalue weighted by Gasteiger charge is 2.57. The van der Waals surface area contributed by atoms with Crippen molar-refractivity contribution in [3.8, 4) is 0 Å². The van der Waals surface area contributed by atoms with Crippen molar-refractivity contribution in [1.82, 2.24) is 5.32 Å². The molecule has 0 aliphatic carbocycles. The van der Waals surface area contributed by atoms with Crippen LogP contribution >= 0.6 is 0 Å². The van der Waals surface area contributed by atoms with Crippen molar-refractivity contribution >= 4 is 5.91 Å². The van der Waals surface area contributed by atoms with Gasteiger partial charge in [-0.25, -0.2) is 0 Å². The molecule has 0 spiro atoms. The summed E-state index contributed by atoms with van der Waals surface area (Å²) in [7, 11) is 0.